The van der Waals surface area contributed by atoms with Gasteiger partial charge in [-0.1, -0.05) is 42.2 Å². The van der Waals surface area contributed by atoms with Crippen molar-refractivity contribution >= 4 is 5.91 Å². The molecule has 6 heteroatoms. The van der Waals surface area contributed by atoms with Crippen LogP contribution >= 0.6 is 0 Å². The van der Waals surface area contributed by atoms with E-state index in [1.165, 1.54) is 16.7 Å². The molecule has 1 aliphatic heterocycles. The van der Waals surface area contributed by atoms with Crippen LogP contribution in [0.3, 0.4) is 0 Å². The fraction of sp³-hybridized carbons (Fsp3) is 0.542. The number of benzene rings is 1. The number of aromatic hydroxyl groups is 1. The van der Waals surface area contributed by atoms with Crippen molar-refractivity contribution < 1.29 is 9.90 Å². The molecule has 0 spiro atoms. The largest absolute Gasteiger partial charge is 0.501 e. The normalized spacial score (nSPS) is 20.5. The molecule has 0 saturated heterocycles. The Kier molecular flexibility index (Phi) is 5.20. The van der Waals surface area contributed by atoms with E-state index in [4.69, 9.17) is 0 Å². The van der Waals surface area contributed by atoms with E-state index in [2.05, 4.69) is 37.0 Å². The van der Waals surface area contributed by atoms with Gasteiger partial charge in [0.2, 0.25) is 5.75 Å². The number of fused-ring (bicyclic) bond motifs is 1. The molecule has 0 unspecified atom stereocenters. The number of nitrogens with zero attached hydrogens (tertiary/aromatic N) is 3. The summed E-state index contributed by atoms with van der Waals surface area (Å²) < 4.78 is 1.80. The number of carbonyl (C=O) groups is 1. The van der Waals surface area contributed by atoms with E-state index in [-0.39, 0.29) is 23.1 Å². The molecule has 1 fully saturated rings. The zero-order chi connectivity index (χ0) is 21.6. The molecule has 1 aliphatic carbocycles. The summed E-state index contributed by atoms with van der Waals surface area (Å²) in [5, 5.41) is 10.4. The molecule has 4 rings (SSSR count). The summed E-state index contributed by atoms with van der Waals surface area (Å²) in [7, 11) is 0. The molecule has 0 bridgehead atoms. The maximum atomic E-state index is 13.0. The second-order valence-electron chi connectivity index (χ2n) is 9.12. The van der Waals surface area contributed by atoms with E-state index >= 15 is 0 Å². The Balaban J connectivity index is 1.85. The Morgan fingerprint density at radius 1 is 1.13 bits per heavy atom. The summed E-state index contributed by atoms with van der Waals surface area (Å²) in [5.41, 5.74) is 3.05. The van der Waals surface area contributed by atoms with Gasteiger partial charge >= 0.3 is 5.56 Å². The standard InChI is InChI=1S/C24H31N3O3/c1-5-26-17(4)14-27-19(25-22(29)21(28)20(27)23(26)30)13-24(8-6-7-9-24)18-11-15(2)10-16(3)12-18/h10-12,17,28H,5-9,13-14H2,1-4H3/t17-/m0/s1. The third-order valence-electron chi connectivity index (χ3n) is 6.91. The highest BCUT2D eigenvalue weighted by atomic mass is 16.3. The Morgan fingerprint density at radius 2 is 1.77 bits per heavy atom. The van der Waals surface area contributed by atoms with Crippen molar-refractivity contribution in [2.75, 3.05) is 6.54 Å². The van der Waals surface area contributed by atoms with Crippen molar-refractivity contribution in [1.29, 1.82) is 0 Å². The SMILES string of the molecule is CCN1C(=O)c2c(O)c(=O)nc(CC3(c4cc(C)cc(C)c4)CCCC3)n2C[C@@H]1C. The van der Waals surface area contributed by atoms with Gasteiger partial charge in [0, 0.05) is 31.0 Å². The van der Waals surface area contributed by atoms with Gasteiger partial charge in [-0.25, -0.2) is 0 Å². The minimum absolute atomic E-state index is 0.0156. The van der Waals surface area contributed by atoms with Crippen molar-refractivity contribution in [3.8, 4) is 5.75 Å². The van der Waals surface area contributed by atoms with Gasteiger partial charge in [-0.2, -0.15) is 4.98 Å². The summed E-state index contributed by atoms with van der Waals surface area (Å²) in [6.45, 7) is 9.22. The van der Waals surface area contributed by atoms with E-state index in [0.29, 0.717) is 25.3 Å². The van der Waals surface area contributed by atoms with Crippen LogP contribution in [0.5, 0.6) is 5.75 Å². The number of carbonyl (C=O) groups excluding carboxylic acids is 1. The molecule has 6 nitrogen and oxygen atoms in total. The van der Waals surface area contributed by atoms with Crippen LogP contribution in [0.1, 0.15) is 72.5 Å². The van der Waals surface area contributed by atoms with Gasteiger partial charge in [-0.3, -0.25) is 9.59 Å². The predicted octanol–water partition coefficient (Wildman–Crippen LogP) is 3.48. The lowest BCUT2D eigenvalue weighted by molar-refractivity contribution is 0.0613. The molecular weight excluding hydrogens is 378 g/mol. The number of aryl methyl sites for hydroxylation is 2. The fourth-order valence-electron chi connectivity index (χ4n) is 5.49. The number of hydrogen-bond donors (Lipinski definition) is 1. The Morgan fingerprint density at radius 3 is 2.37 bits per heavy atom. The molecule has 1 aromatic carbocycles. The molecule has 2 heterocycles. The molecule has 30 heavy (non-hydrogen) atoms. The Bertz CT molecular complexity index is 1030. The molecule has 2 aromatic rings. The summed E-state index contributed by atoms with van der Waals surface area (Å²) in [4.78, 5) is 31.5. The molecule has 1 saturated carbocycles. The van der Waals surface area contributed by atoms with Crippen molar-refractivity contribution in [3.63, 3.8) is 0 Å². The predicted molar refractivity (Wildman–Crippen MR) is 116 cm³/mol. The molecule has 1 N–H and O–H groups in total. The maximum absolute atomic E-state index is 13.0. The molecule has 0 radical (unpaired) electrons. The van der Waals surface area contributed by atoms with E-state index < -0.39 is 11.3 Å². The average Bonchev–Trinajstić information content (AvgIpc) is 3.15. The molecule has 2 aliphatic rings. The van der Waals surface area contributed by atoms with Crippen LogP contribution in [0.15, 0.2) is 23.0 Å². The van der Waals surface area contributed by atoms with E-state index in [1.807, 2.05) is 13.8 Å². The van der Waals surface area contributed by atoms with Gasteiger partial charge in [0.1, 0.15) is 5.82 Å². The second-order valence-corrected chi connectivity index (χ2v) is 9.12. The summed E-state index contributed by atoms with van der Waals surface area (Å²) in [6, 6.07) is 6.66. The number of aromatic nitrogens is 2. The van der Waals surface area contributed by atoms with Crippen molar-refractivity contribution in [1.82, 2.24) is 14.5 Å². The molecule has 160 valence electrons. The van der Waals surface area contributed by atoms with Gasteiger partial charge in [-0.05, 0) is 46.1 Å². The highest BCUT2D eigenvalue weighted by molar-refractivity contribution is 5.96. The van der Waals surface area contributed by atoms with E-state index in [9.17, 15) is 14.7 Å². The lowest BCUT2D eigenvalue weighted by Crippen LogP contribution is -2.48. The first kappa shape index (κ1) is 20.6. The molecule has 1 atom stereocenters. The number of hydrogen-bond acceptors (Lipinski definition) is 4. The second kappa shape index (κ2) is 7.56. The number of likely N-dealkylation sites (N-methyl/N-ethyl adjacent to an activating group) is 1. The van der Waals surface area contributed by atoms with Crippen LogP contribution in [-0.4, -0.2) is 38.1 Å². The van der Waals surface area contributed by atoms with Gasteiger partial charge in [0.25, 0.3) is 5.91 Å². The van der Waals surface area contributed by atoms with Crippen LogP contribution in [0, 0.1) is 13.8 Å². The topological polar surface area (TPSA) is 75.4 Å². The van der Waals surface area contributed by atoms with Gasteiger partial charge in [0.05, 0.1) is 0 Å². The molecular formula is C24H31N3O3. The third kappa shape index (κ3) is 3.32. The van der Waals surface area contributed by atoms with Crippen LogP contribution < -0.4 is 5.56 Å². The van der Waals surface area contributed by atoms with Crippen LogP contribution in [0.4, 0.5) is 0 Å². The maximum Gasteiger partial charge on any atom is 0.315 e. The highest BCUT2D eigenvalue weighted by Crippen LogP contribution is 2.44. The van der Waals surface area contributed by atoms with Crippen LogP contribution in [-0.2, 0) is 18.4 Å². The van der Waals surface area contributed by atoms with Crippen molar-refractivity contribution in [2.24, 2.45) is 0 Å². The highest BCUT2D eigenvalue weighted by Gasteiger charge is 2.40. The van der Waals surface area contributed by atoms with Crippen molar-refractivity contribution in [3.05, 3.63) is 56.8 Å². The summed E-state index contributed by atoms with van der Waals surface area (Å²) in [5.74, 6) is -0.202. The van der Waals surface area contributed by atoms with Crippen LogP contribution in [0.25, 0.3) is 0 Å². The van der Waals surface area contributed by atoms with Crippen LogP contribution in [0.2, 0.25) is 0 Å². The van der Waals surface area contributed by atoms with Gasteiger partial charge < -0.3 is 14.6 Å². The average molecular weight is 410 g/mol. The first-order valence-electron chi connectivity index (χ1n) is 11.0. The quantitative estimate of drug-likeness (QED) is 0.839. The van der Waals surface area contributed by atoms with Gasteiger partial charge in [0.15, 0.2) is 5.69 Å². The first-order chi connectivity index (χ1) is 14.3. The third-order valence-corrected chi connectivity index (χ3v) is 6.91. The Hall–Kier alpha value is -2.63. The number of rotatable bonds is 4. The zero-order valence-corrected chi connectivity index (χ0v) is 18.4. The van der Waals surface area contributed by atoms with E-state index in [1.54, 1.807) is 9.47 Å². The minimum Gasteiger partial charge on any atom is -0.501 e. The Labute approximate surface area is 177 Å². The number of amides is 1. The van der Waals surface area contributed by atoms with Gasteiger partial charge in [-0.15, -0.1) is 0 Å². The van der Waals surface area contributed by atoms with Crippen molar-refractivity contribution in [2.45, 2.75) is 77.8 Å². The molecule has 1 amide bonds. The zero-order valence-electron chi connectivity index (χ0n) is 18.4. The summed E-state index contributed by atoms with van der Waals surface area (Å²) in [6.07, 6.45) is 4.95. The fourth-order valence-corrected chi connectivity index (χ4v) is 5.49. The lowest BCUT2D eigenvalue weighted by atomic mass is 9.75. The first-order valence-corrected chi connectivity index (χ1v) is 11.0. The minimum atomic E-state index is -0.705. The van der Waals surface area contributed by atoms with E-state index in [0.717, 1.165) is 25.7 Å². The lowest BCUT2D eigenvalue weighted by Gasteiger charge is -2.37. The monoisotopic (exact) mass is 409 g/mol. The smallest absolute Gasteiger partial charge is 0.315 e. The summed E-state index contributed by atoms with van der Waals surface area (Å²) >= 11 is 0. The molecule has 1 aromatic heterocycles.